The SMILES string of the molecule is O=C(NCCc1ccc(OC(F)F)cc1)C1CCCNC1. The summed E-state index contributed by atoms with van der Waals surface area (Å²) in [7, 11) is 0. The summed E-state index contributed by atoms with van der Waals surface area (Å²) in [6.45, 7) is -0.536. The summed E-state index contributed by atoms with van der Waals surface area (Å²) in [5.41, 5.74) is 0.971. The lowest BCUT2D eigenvalue weighted by molar-refractivity contribution is -0.125. The van der Waals surface area contributed by atoms with Crippen LogP contribution in [0.4, 0.5) is 8.78 Å². The average molecular weight is 298 g/mol. The zero-order valence-corrected chi connectivity index (χ0v) is 11.8. The van der Waals surface area contributed by atoms with Gasteiger partial charge in [0.05, 0.1) is 5.92 Å². The Morgan fingerprint density at radius 1 is 1.38 bits per heavy atom. The van der Waals surface area contributed by atoms with Gasteiger partial charge in [0, 0.05) is 13.1 Å². The molecule has 0 radical (unpaired) electrons. The standard InChI is InChI=1S/C15H20F2N2O2/c16-15(17)21-13-5-3-11(4-6-13)7-9-19-14(20)12-2-1-8-18-10-12/h3-6,12,15,18H,1-2,7-10H2,(H,19,20). The number of piperidine rings is 1. The van der Waals surface area contributed by atoms with Gasteiger partial charge in [-0.15, -0.1) is 0 Å². The molecule has 116 valence electrons. The molecule has 2 rings (SSSR count). The monoisotopic (exact) mass is 298 g/mol. The minimum atomic E-state index is -2.81. The van der Waals surface area contributed by atoms with Gasteiger partial charge in [-0.3, -0.25) is 4.79 Å². The summed E-state index contributed by atoms with van der Waals surface area (Å²) in [5, 5.41) is 6.13. The third-order valence-electron chi connectivity index (χ3n) is 3.53. The van der Waals surface area contributed by atoms with Crippen LogP contribution in [0, 0.1) is 5.92 Å². The van der Waals surface area contributed by atoms with Crippen LogP contribution in [0.1, 0.15) is 18.4 Å². The molecule has 4 nitrogen and oxygen atoms in total. The van der Waals surface area contributed by atoms with Crippen molar-refractivity contribution in [3.05, 3.63) is 29.8 Å². The lowest BCUT2D eigenvalue weighted by atomic mass is 9.99. The van der Waals surface area contributed by atoms with Crippen molar-refractivity contribution in [1.29, 1.82) is 0 Å². The molecule has 1 atom stereocenters. The summed E-state index contributed by atoms with van der Waals surface area (Å²) in [6.07, 6.45) is 2.63. The van der Waals surface area contributed by atoms with Gasteiger partial charge in [0.1, 0.15) is 5.75 Å². The van der Waals surface area contributed by atoms with E-state index in [0.717, 1.165) is 31.5 Å². The number of benzene rings is 1. The highest BCUT2D eigenvalue weighted by molar-refractivity contribution is 5.78. The van der Waals surface area contributed by atoms with E-state index < -0.39 is 6.61 Å². The van der Waals surface area contributed by atoms with E-state index >= 15 is 0 Å². The molecule has 1 aromatic carbocycles. The van der Waals surface area contributed by atoms with Crippen molar-refractivity contribution >= 4 is 5.91 Å². The highest BCUT2D eigenvalue weighted by Gasteiger charge is 2.20. The molecule has 0 aliphatic carbocycles. The van der Waals surface area contributed by atoms with Crippen molar-refractivity contribution in [2.45, 2.75) is 25.9 Å². The molecule has 1 heterocycles. The molecule has 1 aliphatic heterocycles. The Balaban J connectivity index is 1.71. The summed E-state index contributed by atoms with van der Waals surface area (Å²) in [6, 6.07) is 6.47. The van der Waals surface area contributed by atoms with Crippen LogP contribution in [0.25, 0.3) is 0 Å². The minimum absolute atomic E-state index is 0.0561. The molecule has 0 bridgehead atoms. The van der Waals surface area contributed by atoms with E-state index in [2.05, 4.69) is 15.4 Å². The molecule has 1 aromatic rings. The second-order valence-electron chi connectivity index (χ2n) is 5.11. The fourth-order valence-electron chi connectivity index (χ4n) is 2.39. The minimum Gasteiger partial charge on any atom is -0.435 e. The summed E-state index contributed by atoms with van der Waals surface area (Å²) in [5.74, 6) is 0.284. The quantitative estimate of drug-likeness (QED) is 0.844. The summed E-state index contributed by atoms with van der Waals surface area (Å²) in [4.78, 5) is 11.9. The van der Waals surface area contributed by atoms with Crippen molar-refractivity contribution in [1.82, 2.24) is 10.6 Å². The van der Waals surface area contributed by atoms with E-state index in [1.165, 1.54) is 12.1 Å². The van der Waals surface area contributed by atoms with E-state index in [1.54, 1.807) is 12.1 Å². The molecule has 0 aromatic heterocycles. The van der Waals surface area contributed by atoms with Gasteiger partial charge in [-0.2, -0.15) is 8.78 Å². The molecule has 1 fully saturated rings. The molecule has 21 heavy (non-hydrogen) atoms. The van der Waals surface area contributed by atoms with Crippen LogP contribution in [-0.2, 0) is 11.2 Å². The highest BCUT2D eigenvalue weighted by atomic mass is 19.3. The summed E-state index contributed by atoms with van der Waals surface area (Å²) >= 11 is 0. The molecule has 1 amide bonds. The van der Waals surface area contributed by atoms with Gasteiger partial charge < -0.3 is 15.4 Å². The average Bonchev–Trinajstić information content (AvgIpc) is 2.49. The maximum atomic E-state index is 12.0. The number of rotatable bonds is 6. The number of halogens is 2. The van der Waals surface area contributed by atoms with Gasteiger partial charge in [-0.1, -0.05) is 12.1 Å². The van der Waals surface area contributed by atoms with Crippen molar-refractivity contribution in [2.24, 2.45) is 5.92 Å². The first kappa shape index (κ1) is 15.7. The molecular weight excluding hydrogens is 278 g/mol. The second-order valence-corrected chi connectivity index (χ2v) is 5.11. The van der Waals surface area contributed by atoms with Crippen molar-refractivity contribution < 1.29 is 18.3 Å². The van der Waals surface area contributed by atoms with Crippen molar-refractivity contribution in [2.75, 3.05) is 19.6 Å². The second kappa shape index (κ2) is 7.93. The fourth-order valence-corrected chi connectivity index (χ4v) is 2.39. The number of amides is 1. The first-order chi connectivity index (χ1) is 10.1. The zero-order valence-electron chi connectivity index (χ0n) is 11.8. The predicted octanol–water partition coefficient (Wildman–Crippen LogP) is 1.95. The van der Waals surface area contributed by atoms with Gasteiger partial charge in [-0.05, 0) is 43.5 Å². The summed E-state index contributed by atoms with van der Waals surface area (Å²) < 4.78 is 28.3. The van der Waals surface area contributed by atoms with E-state index in [-0.39, 0.29) is 17.6 Å². The molecule has 2 N–H and O–H groups in total. The van der Waals surface area contributed by atoms with E-state index in [4.69, 9.17) is 0 Å². The lowest BCUT2D eigenvalue weighted by Crippen LogP contribution is -2.41. The lowest BCUT2D eigenvalue weighted by Gasteiger charge is -2.21. The van der Waals surface area contributed by atoms with Gasteiger partial charge in [0.25, 0.3) is 0 Å². The number of alkyl halides is 2. The number of hydrogen-bond donors (Lipinski definition) is 2. The molecule has 0 spiro atoms. The molecular formula is C15H20F2N2O2. The fraction of sp³-hybridized carbons (Fsp3) is 0.533. The molecule has 6 heteroatoms. The highest BCUT2D eigenvalue weighted by Crippen LogP contribution is 2.15. The number of carbonyl (C=O) groups is 1. The van der Waals surface area contributed by atoms with Gasteiger partial charge in [0.15, 0.2) is 0 Å². The molecule has 0 saturated carbocycles. The van der Waals surface area contributed by atoms with Gasteiger partial charge in [-0.25, -0.2) is 0 Å². The Labute approximate surface area is 122 Å². The first-order valence-corrected chi connectivity index (χ1v) is 7.17. The van der Waals surface area contributed by atoms with E-state index in [9.17, 15) is 13.6 Å². The smallest absolute Gasteiger partial charge is 0.387 e. The van der Waals surface area contributed by atoms with Crippen LogP contribution in [0.5, 0.6) is 5.75 Å². The number of carbonyl (C=O) groups excluding carboxylic acids is 1. The largest absolute Gasteiger partial charge is 0.435 e. The van der Waals surface area contributed by atoms with Crippen molar-refractivity contribution in [3.8, 4) is 5.75 Å². The van der Waals surface area contributed by atoms with Crippen LogP contribution >= 0.6 is 0 Å². The number of hydrogen-bond acceptors (Lipinski definition) is 3. The van der Waals surface area contributed by atoms with Crippen LogP contribution < -0.4 is 15.4 Å². The predicted molar refractivity (Wildman–Crippen MR) is 75.4 cm³/mol. The molecule has 1 saturated heterocycles. The Hall–Kier alpha value is -1.69. The Morgan fingerprint density at radius 3 is 2.76 bits per heavy atom. The van der Waals surface area contributed by atoms with Gasteiger partial charge >= 0.3 is 6.61 Å². The van der Waals surface area contributed by atoms with Crippen LogP contribution in [0.2, 0.25) is 0 Å². The van der Waals surface area contributed by atoms with E-state index in [1.807, 2.05) is 0 Å². The third-order valence-corrected chi connectivity index (χ3v) is 3.53. The first-order valence-electron chi connectivity index (χ1n) is 7.17. The Morgan fingerprint density at radius 2 is 2.14 bits per heavy atom. The van der Waals surface area contributed by atoms with Crippen LogP contribution in [0.3, 0.4) is 0 Å². The Kier molecular flexibility index (Phi) is 5.92. The van der Waals surface area contributed by atoms with Crippen molar-refractivity contribution in [3.63, 3.8) is 0 Å². The van der Waals surface area contributed by atoms with Gasteiger partial charge in [0.2, 0.25) is 5.91 Å². The normalized spacial score (nSPS) is 18.5. The third kappa shape index (κ3) is 5.30. The Bertz CT molecular complexity index is 445. The maximum absolute atomic E-state index is 12.0. The zero-order chi connectivity index (χ0) is 15.1. The number of ether oxygens (including phenoxy) is 1. The molecule has 1 unspecified atom stereocenters. The maximum Gasteiger partial charge on any atom is 0.387 e. The number of nitrogens with one attached hydrogen (secondary N) is 2. The van der Waals surface area contributed by atoms with Crippen LogP contribution in [-0.4, -0.2) is 32.2 Å². The van der Waals surface area contributed by atoms with E-state index in [0.29, 0.717) is 13.0 Å². The topological polar surface area (TPSA) is 50.4 Å². The molecule has 1 aliphatic rings. The van der Waals surface area contributed by atoms with Crippen LogP contribution in [0.15, 0.2) is 24.3 Å².